The van der Waals surface area contributed by atoms with E-state index in [0.29, 0.717) is 32.6 Å². The molecule has 0 N–H and O–H groups in total. The Morgan fingerprint density at radius 2 is 1.79 bits per heavy atom. The van der Waals surface area contributed by atoms with Crippen molar-refractivity contribution in [1.29, 1.82) is 0 Å². The van der Waals surface area contributed by atoms with Crippen LogP contribution in [0.4, 0.5) is 13.2 Å². The first-order chi connectivity index (χ1) is 15.8. The van der Waals surface area contributed by atoms with E-state index in [0.717, 1.165) is 28.5 Å². The molecule has 0 unspecified atom stereocenters. The second-order valence-corrected chi connectivity index (χ2v) is 8.52. The number of benzene rings is 1. The van der Waals surface area contributed by atoms with Crippen molar-refractivity contribution in [3.05, 3.63) is 53.5 Å². The number of alkyl halides is 3. The summed E-state index contributed by atoms with van der Waals surface area (Å²) in [6.45, 7) is 3.59. The van der Waals surface area contributed by atoms with Gasteiger partial charge in [-0.15, -0.1) is 16.4 Å². The van der Waals surface area contributed by atoms with Crippen LogP contribution in [-0.2, 0) is 6.18 Å². The van der Waals surface area contributed by atoms with Gasteiger partial charge in [0.2, 0.25) is 11.6 Å². The molecule has 6 aromatic rings. The van der Waals surface area contributed by atoms with E-state index in [4.69, 9.17) is 4.52 Å². The highest BCUT2D eigenvalue weighted by molar-refractivity contribution is 7.26. The largest absolute Gasteiger partial charge is 0.433 e. The zero-order chi connectivity index (χ0) is 22.9. The van der Waals surface area contributed by atoms with Gasteiger partial charge >= 0.3 is 6.18 Å². The fraction of sp³-hybridized carbons (Fsp3) is 0.143. The molecule has 164 valence electrons. The first-order valence-electron chi connectivity index (χ1n) is 9.71. The summed E-state index contributed by atoms with van der Waals surface area (Å²) in [5.74, 6) is 0.707. The lowest BCUT2D eigenvalue weighted by Gasteiger charge is -2.06. The highest BCUT2D eigenvalue weighted by Gasteiger charge is 2.33. The van der Waals surface area contributed by atoms with Gasteiger partial charge in [-0.1, -0.05) is 35.0 Å². The lowest BCUT2D eigenvalue weighted by atomic mass is 10.1. The van der Waals surface area contributed by atoms with Crippen molar-refractivity contribution in [1.82, 2.24) is 34.7 Å². The molecule has 0 fully saturated rings. The van der Waals surface area contributed by atoms with Crippen LogP contribution in [0.15, 0.2) is 41.2 Å². The summed E-state index contributed by atoms with van der Waals surface area (Å²) < 4.78 is 47.0. The molecule has 0 saturated heterocycles. The Morgan fingerprint density at radius 3 is 2.55 bits per heavy atom. The third-order valence-corrected chi connectivity index (χ3v) is 6.25. The summed E-state index contributed by atoms with van der Waals surface area (Å²) in [5, 5.41) is 8.92. The topological polar surface area (TPSA) is 94.9 Å². The van der Waals surface area contributed by atoms with Gasteiger partial charge in [0.05, 0.1) is 5.52 Å². The number of hydrogen-bond donors (Lipinski definition) is 0. The standard InChI is InChI=1S/C21H12F3N7OS/c1-9-3-5-11(6-4-9)16-28-19(32-30-16)17-27-18-15-14(25-8-31(18)29-17)13-10(2)7-12(21(22,23)24)26-20(13)33-15/h3-8H,1-2H3. The monoisotopic (exact) mass is 467 g/mol. The predicted octanol–water partition coefficient (Wildman–Crippen LogP) is 5.24. The summed E-state index contributed by atoms with van der Waals surface area (Å²) in [6, 6.07) is 8.68. The van der Waals surface area contributed by atoms with E-state index in [-0.39, 0.29) is 16.5 Å². The first kappa shape index (κ1) is 19.7. The molecule has 0 radical (unpaired) electrons. The van der Waals surface area contributed by atoms with E-state index in [1.165, 1.54) is 10.8 Å². The number of nitrogens with zero attached hydrogens (tertiary/aromatic N) is 7. The zero-order valence-electron chi connectivity index (χ0n) is 17.0. The molecule has 0 amide bonds. The molecule has 0 bridgehead atoms. The van der Waals surface area contributed by atoms with Crippen LogP contribution in [0.25, 0.3) is 49.2 Å². The molecule has 0 saturated carbocycles. The van der Waals surface area contributed by atoms with Crippen LogP contribution in [0, 0.1) is 13.8 Å². The molecule has 12 heteroatoms. The zero-order valence-corrected chi connectivity index (χ0v) is 17.9. The lowest BCUT2D eigenvalue weighted by molar-refractivity contribution is -0.141. The van der Waals surface area contributed by atoms with Gasteiger partial charge in [0, 0.05) is 10.9 Å². The summed E-state index contributed by atoms with van der Waals surface area (Å²) in [5.41, 5.74) is 2.33. The maximum atomic E-state index is 13.2. The van der Waals surface area contributed by atoms with Gasteiger partial charge in [0.1, 0.15) is 21.6 Å². The van der Waals surface area contributed by atoms with Crippen molar-refractivity contribution in [2.45, 2.75) is 20.0 Å². The van der Waals surface area contributed by atoms with Gasteiger partial charge in [-0.2, -0.15) is 18.2 Å². The van der Waals surface area contributed by atoms with Gasteiger partial charge in [0.25, 0.3) is 5.89 Å². The lowest BCUT2D eigenvalue weighted by Crippen LogP contribution is -2.07. The third kappa shape index (κ3) is 3.13. The summed E-state index contributed by atoms with van der Waals surface area (Å²) in [6.07, 6.45) is -3.08. The van der Waals surface area contributed by atoms with Crippen LogP contribution >= 0.6 is 11.3 Å². The van der Waals surface area contributed by atoms with Crippen molar-refractivity contribution < 1.29 is 17.7 Å². The minimum Gasteiger partial charge on any atom is -0.330 e. The molecule has 5 heterocycles. The van der Waals surface area contributed by atoms with Crippen LogP contribution in [0.3, 0.4) is 0 Å². The molecule has 6 rings (SSSR count). The molecule has 5 aromatic heterocycles. The number of hydrogen-bond acceptors (Lipinski definition) is 8. The number of aryl methyl sites for hydroxylation is 2. The van der Waals surface area contributed by atoms with E-state index in [1.54, 1.807) is 6.92 Å². The van der Waals surface area contributed by atoms with E-state index >= 15 is 0 Å². The fourth-order valence-electron chi connectivity index (χ4n) is 3.58. The smallest absolute Gasteiger partial charge is 0.330 e. The van der Waals surface area contributed by atoms with Crippen molar-refractivity contribution >= 4 is 37.4 Å². The maximum Gasteiger partial charge on any atom is 0.433 e. The van der Waals surface area contributed by atoms with Gasteiger partial charge in [-0.3, -0.25) is 0 Å². The van der Waals surface area contributed by atoms with Gasteiger partial charge in [0.15, 0.2) is 5.65 Å². The maximum absolute atomic E-state index is 13.2. The number of fused-ring (bicyclic) bond motifs is 5. The van der Waals surface area contributed by atoms with Gasteiger partial charge < -0.3 is 4.52 Å². The minimum atomic E-state index is -4.53. The Kier molecular flexibility index (Phi) is 4.06. The number of halogens is 3. The molecular weight excluding hydrogens is 455 g/mol. The molecule has 0 atom stereocenters. The van der Waals surface area contributed by atoms with Crippen LogP contribution < -0.4 is 0 Å². The molecule has 1 aromatic carbocycles. The SMILES string of the molecule is Cc1ccc(-c2noc(-c3nc4c5sc6nc(C(F)(F)F)cc(C)c6c5ncn4n3)n2)cc1. The minimum absolute atomic E-state index is 0.122. The molecule has 0 aliphatic rings. The highest BCUT2D eigenvalue weighted by Crippen LogP contribution is 2.38. The van der Waals surface area contributed by atoms with Crippen molar-refractivity contribution in [3.8, 4) is 23.1 Å². The predicted molar refractivity (Wildman–Crippen MR) is 115 cm³/mol. The molecule has 0 aliphatic heterocycles. The third-order valence-electron chi connectivity index (χ3n) is 5.18. The number of pyridine rings is 1. The molecule has 0 spiro atoms. The van der Waals surface area contributed by atoms with Crippen molar-refractivity contribution in [2.75, 3.05) is 0 Å². The molecule has 33 heavy (non-hydrogen) atoms. The Balaban J connectivity index is 1.49. The van der Waals surface area contributed by atoms with E-state index in [1.807, 2.05) is 31.2 Å². The average Bonchev–Trinajstić information content (AvgIpc) is 3.49. The van der Waals surface area contributed by atoms with Crippen molar-refractivity contribution in [3.63, 3.8) is 0 Å². The average molecular weight is 467 g/mol. The number of aromatic nitrogens is 7. The van der Waals surface area contributed by atoms with Crippen LogP contribution in [0.5, 0.6) is 0 Å². The second kappa shape index (κ2) is 6.78. The second-order valence-electron chi connectivity index (χ2n) is 7.52. The number of thiophene rings is 1. The Labute approximate surface area is 186 Å². The highest BCUT2D eigenvalue weighted by atomic mass is 32.1. The quantitative estimate of drug-likeness (QED) is 0.344. The number of rotatable bonds is 2. The van der Waals surface area contributed by atoms with Crippen LogP contribution in [0.1, 0.15) is 16.8 Å². The summed E-state index contributed by atoms with van der Waals surface area (Å²) in [7, 11) is 0. The van der Waals surface area contributed by atoms with Crippen LogP contribution in [0.2, 0.25) is 0 Å². The molecule has 8 nitrogen and oxygen atoms in total. The van der Waals surface area contributed by atoms with E-state index in [9.17, 15) is 13.2 Å². The Hall–Kier alpha value is -3.93. The van der Waals surface area contributed by atoms with E-state index in [2.05, 4.69) is 30.2 Å². The molecule has 0 aliphatic carbocycles. The Morgan fingerprint density at radius 1 is 1.00 bits per heavy atom. The normalized spacial score (nSPS) is 12.4. The first-order valence-corrected chi connectivity index (χ1v) is 10.5. The van der Waals surface area contributed by atoms with Gasteiger partial charge in [-0.25, -0.2) is 19.5 Å². The Bertz CT molecular complexity index is 1680. The van der Waals surface area contributed by atoms with Gasteiger partial charge in [-0.05, 0) is 25.5 Å². The van der Waals surface area contributed by atoms with Crippen LogP contribution in [-0.4, -0.2) is 34.7 Å². The fourth-order valence-corrected chi connectivity index (χ4v) is 4.76. The van der Waals surface area contributed by atoms with Crippen molar-refractivity contribution in [2.24, 2.45) is 0 Å². The summed E-state index contributed by atoms with van der Waals surface area (Å²) in [4.78, 5) is 17.3. The summed E-state index contributed by atoms with van der Waals surface area (Å²) >= 11 is 1.08. The molecular formula is C21H12F3N7OS. The van der Waals surface area contributed by atoms with E-state index < -0.39 is 11.9 Å².